The minimum absolute atomic E-state index is 0.229. The Morgan fingerprint density at radius 2 is 1.77 bits per heavy atom. The number of carbonyl (C=O) groups excluding carboxylic acids is 1. The molecule has 3 aromatic rings. The summed E-state index contributed by atoms with van der Waals surface area (Å²) in [6, 6.07) is 12.6. The number of carbonyl (C=O) groups is 1. The van der Waals surface area contributed by atoms with E-state index in [1.807, 2.05) is 39.0 Å². The van der Waals surface area contributed by atoms with Crippen LogP contribution in [0.25, 0.3) is 11.1 Å². The molecule has 1 amide bonds. The Hall–Kier alpha value is -2.43. The normalized spacial score (nSPS) is 9.88. The third kappa shape index (κ3) is 4.59. The zero-order valence-electron chi connectivity index (χ0n) is 14.8. The molecule has 3 rings (SSSR count). The Labute approximate surface area is 163 Å². The number of benzene rings is 2. The van der Waals surface area contributed by atoms with Crippen molar-refractivity contribution in [3.8, 4) is 11.1 Å². The second-order valence-corrected chi connectivity index (χ2v) is 6.00. The van der Waals surface area contributed by atoms with Crippen molar-refractivity contribution in [3.05, 3.63) is 76.2 Å². The monoisotopic (exact) mass is 387 g/mol. The highest BCUT2D eigenvalue weighted by molar-refractivity contribution is 6.42. The number of hydrogen-bond donors (Lipinski definition) is 1. The van der Waals surface area contributed by atoms with Crippen molar-refractivity contribution in [2.75, 3.05) is 5.32 Å². The quantitative estimate of drug-likeness (QED) is 0.595. The summed E-state index contributed by atoms with van der Waals surface area (Å²) in [5.41, 5.74) is 2.92. The maximum Gasteiger partial charge on any atom is 0.257 e. The highest BCUT2D eigenvalue weighted by Gasteiger charge is 2.14. The van der Waals surface area contributed by atoms with Crippen LogP contribution in [0.15, 0.2) is 55.0 Å². The Balaban J connectivity index is 0.00000117. The molecule has 1 heterocycles. The average molecular weight is 388 g/mol. The number of halogens is 2. The summed E-state index contributed by atoms with van der Waals surface area (Å²) in [7, 11) is 0. The second kappa shape index (κ2) is 9.32. The number of hydrogen-bond acceptors (Lipinski definition) is 3. The Bertz CT molecular complexity index is 913. The van der Waals surface area contributed by atoms with E-state index < -0.39 is 0 Å². The molecule has 0 fully saturated rings. The number of aryl methyl sites for hydroxylation is 1. The summed E-state index contributed by atoms with van der Waals surface area (Å²) < 4.78 is 0. The van der Waals surface area contributed by atoms with Crippen molar-refractivity contribution in [3.63, 3.8) is 0 Å². The first-order valence-electron chi connectivity index (χ1n) is 8.18. The van der Waals surface area contributed by atoms with E-state index in [1.54, 1.807) is 30.5 Å². The molecule has 1 N–H and O–H groups in total. The van der Waals surface area contributed by atoms with E-state index in [9.17, 15) is 4.79 Å². The molecule has 0 aliphatic carbocycles. The van der Waals surface area contributed by atoms with Crippen molar-refractivity contribution in [2.24, 2.45) is 0 Å². The zero-order valence-corrected chi connectivity index (χ0v) is 16.3. The molecule has 4 nitrogen and oxygen atoms in total. The number of anilines is 1. The maximum absolute atomic E-state index is 12.5. The van der Waals surface area contributed by atoms with Gasteiger partial charge >= 0.3 is 0 Å². The van der Waals surface area contributed by atoms with Crippen molar-refractivity contribution >= 4 is 34.9 Å². The van der Waals surface area contributed by atoms with E-state index in [1.165, 1.54) is 6.33 Å². The summed E-state index contributed by atoms with van der Waals surface area (Å²) in [6.07, 6.45) is 3.01. The molecule has 134 valence electrons. The van der Waals surface area contributed by atoms with Crippen LogP contribution >= 0.6 is 23.2 Å². The van der Waals surface area contributed by atoms with Crippen LogP contribution in [0, 0.1) is 6.92 Å². The molecule has 0 spiro atoms. The summed E-state index contributed by atoms with van der Waals surface area (Å²) in [5.74, 6) is 0.185. The number of nitrogens with zero attached hydrogens (tertiary/aromatic N) is 2. The van der Waals surface area contributed by atoms with Gasteiger partial charge in [-0.3, -0.25) is 4.79 Å². The van der Waals surface area contributed by atoms with Crippen LogP contribution in [0.1, 0.15) is 29.8 Å². The van der Waals surface area contributed by atoms with Crippen LogP contribution in [0.5, 0.6) is 0 Å². The molecule has 0 bridgehead atoms. The van der Waals surface area contributed by atoms with Crippen LogP contribution in [0.2, 0.25) is 10.0 Å². The standard InChI is InChI=1S/C18H13Cl2N3O.C2H6/c1-11-4-2-3-5-13(11)18(24)23-17-14(9-21-10-22-17)12-6-7-15(19)16(20)8-12;1-2/h2-10H,1H3,(H,21,22,23,24);1-2H3. The van der Waals surface area contributed by atoms with Crippen LogP contribution < -0.4 is 5.32 Å². The highest BCUT2D eigenvalue weighted by Crippen LogP contribution is 2.31. The lowest BCUT2D eigenvalue weighted by molar-refractivity contribution is 0.102. The third-order valence-electron chi connectivity index (χ3n) is 3.56. The van der Waals surface area contributed by atoms with Gasteiger partial charge in [-0.2, -0.15) is 0 Å². The number of aromatic nitrogens is 2. The fourth-order valence-electron chi connectivity index (χ4n) is 2.31. The summed E-state index contributed by atoms with van der Waals surface area (Å²) in [6.45, 7) is 5.88. The van der Waals surface area contributed by atoms with E-state index in [4.69, 9.17) is 23.2 Å². The average Bonchev–Trinajstić information content (AvgIpc) is 2.66. The van der Waals surface area contributed by atoms with E-state index in [2.05, 4.69) is 15.3 Å². The van der Waals surface area contributed by atoms with Crippen molar-refractivity contribution < 1.29 is 4.79 Å². The molecule has 0 radical (unpaired) electrons. The lowest BCUT2D eigenvalue weighted by Crippen LogP contribution is -2.15. The fraction of sp³-hybridized carbons (Fsp3) is 0.150. The van der Waals surface area contributed by atoms with Gasteiger partial charge in [-0.15, -0.1) is 0 Å². The molecule has 0 saturated heterocycles. The van der Waals surface area contributed by atoms with E-state index in [-0.39, 0.29) is 5.91 Å². The molecule has 26 heavy (non-hydrogen) atoms. The van der Waals surface area contributed by atoms with Gasteiger partial charge in [0.25, 0.3) is 5.91 Å². The van der Waals surface area contributed by atoms with E-state index in [0.717, 1.165) is 11.1 Å². The van der Waals surface area contributed by atoms with Gasteiger partial charge in [0.05, 0.1) is 10.0 Å². The first-order chi connectivity index (χ1) is 12.6. The van der Waals surface area contributed by atoms with Crippen molar-refractivity contribution in [1.82, 2.24) is 9.97 Å². The van der Waals surface area contributed by atoms with Gasteiger partial charge in [0, 0.05) is 17.3 Å². The summed E-state index contributed by atoms with van der Waals surface area (Å²) >= 11 is 12.0. The van der Waals surface area contributed by atoms with Crippen molar-refractivity contribution in [1.29, 1.82) is 0 Å². The molecule has 0 saturated carbocycles. The van der Waals surface area contributed by atoms with Gasteiger partial charge in [-0.05, 0) is 36.2 Å². The molecule has 0 aliphatic heterocycles. The van der Waals surface area contributed by atoms with Crippen molar-refractivity contribution in [2.45, 2.75) is 20.8 Å². The first-order valence-corrected chi connectivity index (χ1v) is 8.94. The van der Waals surface area contributed by atoms with Gasteiger partial charge in [-0.1, -0.05) is 61.3 Å². The fourth-order valence-corrected chi connectivity index (χ4v) is 2.60. The van der Waals surface area contributed by atoms with Crippen LogP contribution in [-0.2, 0) is 0 Å². The highest BCUT2D eigenvalue weighted by atomic mass is 35.5. The van der Waals surface area contributed by atoms with E-state index >= 15 is 0 Å². The topological polar surface area (TPSA) is 54.9 Å². The second-order valence-electron chi connectivity index (χ2n) is 5.18. The maximum atomic E-state index is 12.5. The number of amides is 1. The molecule has 6 heteroatoms. The largest absolute Gasteiger partial charge is 0.306 e. The number of nitrogens with one attached hydrogen (secondary N) is 1. The smallest absolute Gasteiger partial charge is 0.257 e. The summed E-state index contributed by atoms with van der Waals surface area (Å²) in [5, 5.41) is 3.72. The first kappa shape index (κ1) is 19.9. The van der Waals surface area contributed by atoms with Crippen LogP contribution in [0.3, 0.4) is 0 Å². The van der Waals surface area contributed by atoms with Crippen LogP contribution in [-0.4, -0.2) is 15.9 Å². The predicted octanol–water partition coefficient (Wildman–Crippen LogP) is 6.04. The lowest BCUT2D eigenvalue weighted by Gasteiger charge is -2.11. The lowest BCUT2D eigenvalue weighted by atomic mass is 10.1. The van der Waals surface area contributed by atoms with Gasteiger partial charge in [0.15, 0.2) is 0 Å². The van der Waals surface area contributed by atoms with Gasteiger partial charge in [0.1, 0.15) is 12.1 Å². The molecule has 2 aromatic carbocycles. The molecular formula is C20H19Cl2N3O. The Morgan fingerprint density at radius 3 is 2.46 bits per heavy atom. The minimum Gasteiger partial charge on any atom is -0.306 e. The third-order valence-corrected chi connectivity index (χ3v) is 4.30. The molecular weight excluding hydrogens is 369 g/mol. The van der Waals surface area contributed by atoms with Gasteiger partial charge in [-0.25, -0.2) is 9.97 Å². The Morgan fingerprint density at radius 1 is 1.04 bits per heavy atom. The molecule has 1 aromatic heterocycles. The molecule has 0 unspecified atom stereocenters. The van der Waals surface area contributed by atoms with Gasteiger partial charge < -0.3 is 5.32 Å². The zero-order chi connectivity index (χ0) is 19.1. The van der Waals surface area contributed by atoms with Crippen LogP contribution in [0.4, 0.5) is 5.82 Å². The molecule has 0 aliphatic rings. The SMILES string of the molecule is CC.Cc1ccccc1C(=O)Nc1ncncc1-c1ccc(Cl)c(Cl)c1. The number of rotatable bonds is 3. The predicted molar refractivity (Wildman–Crippen MR) is 108 cm³/mol. The van der Waals surface area contributed by atoms with Gasteiger partial charge in [0.2, 0.25) is 0 Å². The molecule has 0 atom stereocenters. The summed E-state index contributed by atoms with van der Waals surface area (Å²) in [4.78, 5) is 20.7. The van der Waals surface area contributed by atoms with E-state index in [0.29, 0.717) is 27.0 Å². The minimum atomic E-state index is -0.229. The Kier molecular flexibility index (Phi) is 7.13.